The molecule has 1 atom stereocenters. The summed E-state index contributed by atoms with van der Waals surface area (Å²) in [4.78, 5) is 0.441. The molecule has 1 saturated heterocycles. The van der Waals surface area contributed by atoms with Crippen LogP contribution in [-0.4, -0.2) is 39.0 Å². The van der Waals surface area contributed by atoms with Crippen molar-refractivity contribution in [2.45, 2.75) is 43.0 Å². The monoisotopic (exact) mass is 303 g/mol. The quantitative estimate of drug-likeness (QED) is 0.759. The lowest BCUT2D eigenvalue weighted by atomic mass is 10.0. The van der Waals surface area contributed by atoms with Gasteiger partial charge in [-0.1, -0.05) is 6.42 Å². The predicted octanol–water partition coefficient (Wildman–Crippen LogP) is 2.72. The predicted molar refractivity (Wildman–Crippen MR) is 77.0 cm³/mol. The Kier molecular flexibility index (Phi) is 5.38. The van der Waals surface area contributed by atoms with Gasteiger partial charge in [-0.25, -0.2) is 8.42 Å². The van der Waals surface area contributed by atoms with Crippen molar-refractivity contribution in [3.8, 4) is 0 Å². The van der Waals surface area contributed by atoms with Crippen LogP contribution in [0, 0.1) is 0 Å². The van der Waals surface area contributed by atoms with Crippen LogP contribution in [0.2, 0.25) is 0 Å². The second kappa shape index (κ2) is 6.83. The molecule has 0 amide bonds. The van der Waals surface area contributed by atoms with Crippen LogP contribution in [0.3, 0.4) is 0 Å². The molecule has 1 aliphatic heterocycles. The standard InChI is InChI=1S/C13H21NO3S2/c1-17-9-4-6-12-5-2-3-8-14(12)19(15,16)13-7-10-18-11-13/h7,10-12H,2-6,8-9H2,1H3/t12-/m0/s1. The summed E-state index contributed by atoms with van der Waals surface area (Å²) in [5, 5.41) is 3.53. The summed E-state index contributed by atoms with van der Waals surface area (Å²) in [7, 11) is -1.62. The summed E-state index contributed by atoms with van der Waals surface area (Å²) in [5.74, 6) is 0. The van der Waals surface area contributed by atoms with Crippen molar-refractivity contribution in [1.82, 2.24) is 4.31 Å². The molecule has 0 unspecified atom stereocenters. The van der Waals surface area contributed by atoms with E-state index in [-0.39, 0.29) is 6.04 Å². The lowest BCUT2D eigenvalue weighted by molar-refractivity contribution is 0.172. The maximum absolute atomic E-state index is 12.6. The molecule has 2 heterocycles. The maximum atomic E-state index is 12.6. The minimum atomic E-state index is -3.30. The zero-order chi connectivity index (χ0) is 13.7. The number of ether oxygens (including phenoxy) is 1. The maximum Gasteiger partial charge on any atom is 0.244 e. The van der Waals surface area contributed by atoms with Gasteiger partial charge in [0, 0.05) is 31.7 Å². The fourth-order valence-electron chi connectivity index (χ4n) is 2.58. The molecule has 1 aromatic rings. The van der Waals surface area contributed by atoms with Gasteiger partial charge in [-0.15, -0.1) is 0 Å². The molecular weight excluding hydrogens is 282 g/mol. The van der Waals surface area contributed by atoms with Crippen LogP contribution < -0.4 is 0 Å². The molecule has 0 N–H and O–H groups in total. The second-order valence-corrected chi connectivity index (χ2v) is 7.53. The van der Waals surface area contributed by atoms with Gasteiger partial charge in [-0.2, -0.15) is 15.6 Å². The van der Waals surface area contributed by atoms with Gasteiger partial charge in [0.25, 0.3) is 0 Å². The summed E-state index contributed by atoms with van der Waals surface area (Å²) in [6.45, 7) is 1.35. The first-order chi connectivity index (χ1) is 9.16. The highest BCUT2D eigenvalue weighted by molar-refractivity contribution is 7.89. The minimum Gasteiger partial charge on any atom is -0.385 e. The largest absolute Gasteiger partial charge is 0.385 e. The number of hydrogen-bond acceptors (Lipinski definition) is 4. The fourth-order valence-corrected chi connectivity index (χ4v) is 5.32. The Morgan fingerprint density at radius 2 is 2.32 bits per heavy atom. The highest BCUT2D eigenvalue weighted by atomic mass is 32.2. The van der Waals surface area contributed by atoms with Crippen LogP contribution in [0.15, 0.2) is 21.7 Å². The average Bonchev–Trinajstić information content (AvgIpc) is 2.94. The topological polar surface area (TPSA) is 46.6 Å². The highest BCUT2D eigenvalue weighted by Gasteiger charge is 2.33. The Labute approximate surface area is 119 Å². The molecule has 108 valence electrons. The van der Waals surface area contributed by atoms with E-state index in [2.05, 4.69) is 0 Å². The molecule has 1 fully saturated rings. The Bertz CT molecular complexity index is 470. The third kappa shape index (κ3) is 3.56. The molecule has 0 saturated carbocycles. The van der Waals surface area contributed by atoms with E-state index in [0.29, 0.717) is 18.0 Å². The molecule has 0 aliphatic carbocycles. The van der Waals surface area contributed by atoms with Crippen LogP contribution in [0.4, 0.5) is 0 Å². The first-order valence-corrected chi connectivity index (χ1v) is 9.07. The van der Waals surface area contributed by atoms with Gasteiger partial charge >= 0.3 is 0 Å². The molecule has 4 nitrogen and oxygen atoms in total. The summed E-state index contributed by atoms with van der Waals surface area (Å²) >= 11 is 1.43. The van der Waals surface area contributed by atoms with Gasteiger partial charge in [0.15, 0.2) is 0 Å². The number of sulfonamides is 1. The first kappa shape index (κ1) is 15.0. The van der Waals surface area contributed by atoms with Crippen LogP contribution in [0.1, 0.15) is 32.1 Å². The van der Waals surface area contributed by atoms with Gasteiger partial charge in [-0.05, 0) is 37.1 Å². The van der Waals surface area contributed by atoms with E-state index in [0.717, 1.165) is 32.1 Å². The molecule has 19 heavy (non-hydrogen) atoms. The first-order valence-electron chi connectivity index (χ1n) is 6.69. The van der Waals surface area contributed by atoms with Crippen LogP contribution in [0.5, 0.6) is 0 Å². The molecule has 1 aliphatic rings. The molecular formula is C13H21NO3S2. The summed E-state index contributed by atoms with van der Waals surface area (Å²) < 4.78 is 31.9. The van der Waals surface area contributed by atoms with E-state index in [1.807, 2.05) is 5.38 Å². The number of rotatable bonds is 6. The number of piperidine rings is 1. The van der Waals surface area contributed by atoms with Gasteiger partial charge < -0.3 is 4.74 Å². The van der Waals surface area contributed by atoms with Crippen molar-refractivity contribution in [2.24, 2.45) is 0 Å². The zero-order valence-corrected chi connectivity index (χ0v) is 12.9. The molecule has 0 spiro atoms. The third-order valence-electron chi connectivity index (χ3n) is 3.56. The molecule has 0 aromatic carbocycles. The fraction of sp³-hybridized carbons (Fsp3) is 0.692. The van der Waals surface area contributed by atoms with Crippen molar-refractivity contribution < 1.29 is 13.2 Å². The van der Waals surface area contributed by atoms with Crippen LogP contribution >= 0.6 is 11.3 Å². The van der Waals surface area contributed by atoms with E-state index < -0.39 is 10.0 Å². The van der Waals surface area contributed by atoms with E-state index in [1.165, 1.54) is 11.3 Å². The van der Waals surface area contributed by atoms with E-state index in [4.69, 9.17) is 4.74 Å². The number of thiophene rings is 1. The summed E-state index contributed by atoms with van der Waals surface area (Å²) in [5.41, 5.74) is 0. The van der Waals surface area contributed by atoms with Crippen LogP contribution in [0.25, 0.3) is 0 Å². The van der Waals surface area contributed by atoms with E-state index in [9.17, 15) is 8.42 Å². The van der Waals surface area contributed by atoms with Gasteiger partial charge in [-0.3, -0.25) is 0 Å². The zero-order valence-electron chi connectivity index (χ0n) is 11.2. The van der Waals surface area contributed by atoms with Gasteiger partial charge in [0.2, 0.25) is 10.0 Å². The molecule has 6 heteroatoms. The Hall–Kier alpha value is -0.430. The number of nitrogens with zero attached hydrogens (tertiary/aromatic N) is 1. The summed E-state index contributed by atoms with van der Waals surface area (Å²) in [6.07, 6.45) is 4.85. The van der Waals surface area contributed by atoms with Crippen molar-refractivity contribution in [3.63, 3.8) is 0 Å². The molecule has 0 bridgehead atoms. The van der Waals surface area contributed by atoms with Crippen LogP contribution in [-0.2, 0) is 14.8 Å². The highest BCUT2D eigenvalue weighted by Crippen LogP contribution is 2.28. The van der Waals surface area contributed by atoms with Crippen molar-refractivity contribution in [2.75, 3.05) is 20.3 Å². The smallest absolute Gasteiger partial charge is 0.244 e. The normalized spacial score (nSPS) is 21.6. The lowest BCUT2D eigenvalue weighted by Crippen LogP contribution is -2.43. The second-order valence-electron chi connectivity index (χ2n) is 4.86. The molecule has 1 aromatic heterocycles. The van der Waals surface area contributed by atoms with Gasteiger partial charge in [0.1, 0.15) is 0 Å². The third-order valence-corrected chi connectivity index (χ3v) is 6.34. The van der Waals surface area contributed by atoms with Crippen molar-refractivity contribution in [3.05, 3.63) is 16.8 Å². The van der Waals surface area contributed by atoms with E-state index >= 15 is 0 Å². The average molecular weight is 303 g/mol. The minimum absolute atomic E-state index is 0.133. The number of methoxy groups -OCH3 is 1. The van der Waals surface area contributed by atoms with E-state index in [1.54, 1.807) is 22.9 Å². The lowest BCUT2D eigenvalue weighted by Gasteiger charge is -2.34. The van der Waals surface area contributed by atoms with Crippen molar-refractivity contribution in [1.29, 1.82) is 0 Å². The summed E-state index contributed by atoms with van der Waals surface area (Å²) in [6, 6.07) is 1.83. The van der Waals surface area contributed by atoms with Gasteiger partial charge in [0.05, 0.1) is 4.90 Å². The number of hydrogen-bond donors (Lipinski definition) is 0. The Morgan fingerprint density at radius 1 is 1.47 bits per heavy atom. The Morgan fingerprint density at radius 3 is 3.00 bits per heavy atom. The SMILES string of the molecule is COCCC[C@@H]1CCCCN1S(=O)(=O)c1ccsc1. The molecule has 0 radical (unpaired) electrons. The van der Waals surface area contributed by atoms with Crippen molar-refractivity contribution >= 4 is 21.4 Å². The molecule has 2 rings (SSSR count). The Balaban J connectivity index is 2.10.